The zero-order valence-corrected chi connectivity index (χ0v) is 17.9. The van der Waals surface area contributed by atoms with E-state index >= 15 is 0 Å². The monoisotopic (exact) mass is 511 g/mol. The van der Waals surface area contributed by atoms with Crippen molar-refractivity contribution in [2.45, 2.75) is 12.4 Å². The van der Waals surface area contributed by atoms with Gasteiger partial charge in [0.25, 0.3) is 5.95 Å². The maximum atomic E-state index is 14.0. The fourth-order valence-corrected chi connectivity index (χ4v) is 3.28. The maximum absolute atomic E-state index is 14.0. The summed E-state index contributed by atoms with van der Waals surface area (Å²) < 4.78 is 82.8. The number of halogens is 7. The van der Waals surface area contributed by atoms with E-state index in [1.807, 2.05) is 0 Å². The second-order valence-corrected chi connectivity index (χ2v) is 7.35. The van der Waals surface area contributed by atoms with Crippen molar-refractivity contribution in [2.24, 2.45) is 10.3 Å². The Kier molecular flexibility index (Phi) is 6.43. The van der Waals surface area contributed by atoms with Crippen LogP contribution in [-0.2, 0) is 12.4 Å². The van der Waals surface area contributed by atoms with Gasteiger partial charge in [-0.25, -0.2) is 9.97 Å². The third kappa shape index (κ3) is 5.40. The molecule has 0 aliphatic carbocycles. The van der Waals surface area contributed by atoms with Crippen LogP contribution in [0.2, 0.25) is 5.02 Å². The van der Waals surface area contributed by atoms with Crippen LogP contribution in [0.15, 0.2) is 77.3 Å². The Labute approximate surface area is 198 Å². The molecule has 0 saturated carbocycles. The lowest BCUT2D eigenvalue weighted by atomic mass is 10.0. The molecule has 0 spiro atoms. The highest BCUT2D eigenvalue weighted by Crippen LogP contribution is 2.45. The van der Waals surface area contributed by atoms with E-state index in [1.165, 1.54) is 18.5 Å². The van der Waals surface area contributed by atoms with Crippen molar-refractivity contribution in [2.75, 3.05) is 5.43 Å². The molecule has 0 bridgehead atoms. The summed E-state index contributed by atoms with van der Waals surface area (Å²) in [7, 11) is 0. The van der Waals surface area contributed by atoms with E-state index in [4.69, 9.17) is 11.6 Å². The van der Waals surface area contributed by atoms with Gasteiger partial charge in [0.05, 0.1) is 16.8 Å². The first kappa shape index (κ1) is 24.1. The Balaban J connectivity index is 1.97. The minimum atomic E-state index is -5.08. The first-order valence-electron chi connectivity index (χ1n) is 9.61. The minimum absolute atomic E-state index is 0.309. The van der Waals surface area contributed by atoms with Crippen molar-refractivity contribution in [1.82, 2.24) is 19.7 Å². The highest BCUT2D eigenvalue weighted by molar-refractivity contribution is 6.31. The van der Waals surface area contributed by atoms with E-state index in [-0.39, 0.29) is 5.95 Å². The first-order valence-corrected chi connectivity index (χ1v) is 9.99. The zero-order chi connectivity index (χ0) is 25.2. The number of hydrogen-bond acceptors (Lipinski definition) is 5. The fourth-order valence-electron chi connectivity index (χ4n) is 3.05. The van der Waals surface area contributed by atoms with E-state index in [0.717, 1.165) is 6.07 Å². The van der Waals surface area contributed by atoms with Gasteiger partial charge in [0, 0.05) is 17.4 Å². The number of alkyl halides is 6. The summed E-state index contributed by atoms with van der Waals surface area (Å²) in [6, 6.07) is 11.8. The van der Waals surface area contributed by atoms with Crippen molar-refractivity contribution >= 4 is 23.1 Å². The van der Waals surface area contributed by atoms with Gasteiger partial charge in [-0.05, 0) is 42.0 Å². The molecule has 4 aromatic rings. The standard InChI is InChI=1S/C21H12ClF6N7/c22-14-10-12(9-13(11-14)20(23,24)25)16-17(21(26,27)28)33-35(19-29-7-4-8-30-19)18(16)32-34-31-15-5-2-1-3-6-15/h1-11H,(H,31,32). The van der Waals surface area contributed by atoms with Crippen molar-refractivity contribution in [3.05, 3.63) is 83.3 Å². The molecule has 0 radical (unpaired) electrons. The van der Waals surface area contributed by atoms with E-state index < -0.39 is 45.6 Å². The van der Waals surface area contributed by atoms with Crippen LogP contribution >= 0.6 is 11.6 Å². The fraction of sp³-hybridized carbons (Fsp3) is 0.0952. The van der Waals surface area contributed by atoms with Gasteiger partial charge >= 0.3 is 12.4 Å². The van der Waals surface area contributed by atoms with Crippen LogP contribution in [0.5, 0.6) is 0 Å². The number of hydrogen-bond donors (Lipinski definition) is 1. The van der Waals surface area contributed by atoms with Crippen molar-refractivity contribution in [1.29, 1.82) is 0 Å². The van der Waals surface area contributed by atoms with E-state index in [0.29, 0.717) is 22.5 Å². The van der Waals surface area contributed by atoms with Crippen LogP contribution in [0.3, 0.4) is 0 Å². The Bertz CT molecular complexity index is 1350. The quantitative estimate of drug-likeness (QED) is 0.175. The summed E-state index contributed by atoms with van der Waals surface area (Å²) in [5.74, 6) is -0.877. The average molecular weight is 512 g/mol. The topological polar surface area (TPSA) is 80.3 Å². The van der Waals surface area contributed by atoms with Crippen LogP contribution in [-0.4, -0.2) is 19.7 Å². The predicted octanol–water partition coefficient (Wildman–Crippen LogP) is 7.13. The van der Waals surface area contributed by atoms with Crippen molar-refractivity contribution in [3.63, 3.8) is 0 Å². The number of benzene rings is 2. The summed E-state index contributed by atoms with van der Waals surface area (Å²) in [5, 5.41) is 10.6. The molecule has 0 unspecified atom stereocenters. The van der Waals surface area contributed by atoms with Crippen molar-refractivity contribution in [3.8, 4) is 17.1 Å². The van der Waals surface area contributed by atoms with Gasteiger partial charge in [0.1, 0.15) is 0 Å². The predicted molar refractivity (Wildman–Crippen MR) is 114 cm³/mol. The third-order valence-corrected chi connectivity index (χ3v) is 4.70. The van der Waals surface area contributed by atoms with Crippen molar-refractivity contribution < 1.29 is 26.3 Å². The van der Waals surface area contributed by atoms with E-state index in [1.54, 1.807) is 30.3 Å². The molecule has 4 rings (SSSR count). The Morgan fingerprint density at radius 1 is 0.857 bits per heavy atom. The number of anilines is 1. The molecule has 0 fully saturated rings. The number of para-hydroxylation sites is 1. The molecule has 0 aliphatic heterocycles. The van der Waals surface area contributed by atoms with Gasteiger partial charge in [-0.1, -0.05) is 35.0 Å². The SMILES string of the molecule is FC(F)(F)c1cc(Cl)cc(-c2c(C(F)(F)F)nn(-c3ncccn3)c2/N=N/Nc2ccccc2)c1. The Hall–Kier alpha value is -4.00. The van der Waals surface area contributed by atoms with Crippen LogP contribution in [0.25, 0.3) is 17.1 Å². The molecule has 14 heteroatoms. The normalized spacial score (nSPS) is 12.3. The second-order valence-electron chi connectivity index (χ2n) is 6.91. The molecule has 0 saturated heterocycles. The number of rotatable bonds is 5. The third-order valence-electron chi connectivity index (χ3n) is 4.48. The van der Waals surface area contributed by atoms with Crippen LogP contribution in [0.4, 0.5) is 37.8 Å². The summed E-state index contributed by atoms with van der Waals surface area (Å²) in [5.41, 5.74) is -1.08. The van der Waals surface area contributed by atoms with E-state index in [9.17, 15) is 26.3 Å². The van der Waals surface area contributed by atoms with Gasteiger partial charge in [0.15, 0.2) is 11.5 Å². The van der Waals surface area contributed by atoms with Gasteiger partial charge in [0.2, 0.25) is 0 Å². The maximum Gasteiger partial charge on any atom is 0.435 e. The van der Waals surface area contributed by atoms with Crippen LogP contribution in [0.1, 0.15) is 11.3 Å². The number of aromatic nitrogens is 4. The lowest BCUT2D eigenvalue weighted by Crippen LogP contribution is -2.10. The van der Waals surface area contributed by atoms with Gasteiger partial charge in [-0.15, -0.1) is 5.11 Å². The largest absolute Gasteiger partial charge is 0.435 e. The summed E-state index contributed by atoms with van der Waals surface area (Å²) in [4.78, 5) is 7.75. The van der Waals surface area contributed by atoms with Gasteiger partial charge < -0.3 is 0 Å². The summed E-state index contributed by atoms with van der Waals surface area (Å²) in [6.07, 6.45) is -7.44. The molecule has 1 N–H and O–H groups in total. The highest BCUT2D eigenvalue weighted by atomic mass is 35.5. The molecule has 2 heterocycles. The molecule has 35 heavy (non-hydrogen) atoms. The lowest BCUT2D eigenvalue weighted by molar-refractivity contribution is -0.140. The molecule has 2 aromatic carbocycles. The molecule has 0 amide bonds. The number of nitrogens with one attached hydrogen (secondary N) is 1. The molecule has 2 aromatic heterocycles. The minimum Gasteiger partial charge on any atom is -0.260 e. The van der Waals surface area contributed by atoms with Gasteiger partial charge in [-0.2, -0.15) is 36.1 Å². The number of nitrogens with zero attached hydrogens (tertiary/aromatic N) is 6. The molecule has 0 aliphatic rings. The lowest BCUT2D eigenvalue weighted by Gasteiger charge is -2.11. The Morgan fingerprint density at radius 2 is 1.54 bits per heavy atom. The molecule has 7 nitrogen and oxygen atoms in total. The second kappa shape index (κ2) is 9.33. The summed E-state index contributed by atoms with van der Waals surface area (Å²) in [6.45, 7) is 0. The molecular weight excluding hydrogens is 500 g/mol. The molecule has 0 atom stereocenters. The van der Waals surface area contributed by atoms with Gasteiger partial charge in [-0.3, -0.25) is 5.43 Å². The average Bonchev–Trinajstić information content (AvgIpc) is 3.19. The zero-order valence-electron chi connectivity index (χ0n) is 17.2. The first-order chi connectivity index (χ1) is 16.5. The summed E-state index contributed by atoms with van der Waals surface area (Å²) >= 11 is 5.83. The Morgan fingerprint density at radius 3 is 2.17 bits per heavy atom. The van der Waals surface area contributed by atoms with Crippen LogP contribution < -0.4 is 5.43 Å². The highest BCUT2D eigenvalue weighted by Gasteiger charge is 2.41. The smallest absolute Gasteiger partial charge is 0.260 e. The molecular formula is C21H12ClF6N7. The van der Waals surface area contributed by atoms with E-state index in [2.05, 4.69) is 30.8 Å². The molecule has 180 valence electrons. The van der Waals surface area contributed by atoms with Crippen LogP contribution in [0, 0.1) is 0 Å².